The van der Waals surface area contributed by atoms with E-state index in [1.54, 1.807) is 23.1 Å². The molecule has 0 bridgehead atoms. The molecular formula is C46H59F2N9O5. The van der Waals surface area contributed by atoms with Gasteiger partial charge in [0.25, 0.3) is 11.8 Å². The van der Waals surface area contributed by atoms with Gasteiger partial charge in [0.1, 0.15) is 11.4 Å². The molecule has 3 aliphatic heterocycles. The van der Waals surface area contributed by atoms with E-state index < -0.39 is 18.4 Å². The summed E-state index contributed by atoms with van der Waals surface area (Å²) in [6.45, 7) is 4.39. The van der Waals surface area contributed by atoms with Crippen LogP contribution in [0.2, 0.25) is 0 Å². The molecule has 16 heteroatoms. The van der Waals surface area contributed by atoms with Crippen LogP contribution < -0.4 is 35.4 Å². The largest absolute Gasteiger partial charge is 0.495 e. The Morgan fingerprint density at radius 2 is 1.71 bits per heavy atom. The number of hydrogen-bond acceptors (Lipinski definition) is 11. The molecule has 4 amide bonds. The maximum atomic E-state index is 15.1. The van der Waals surface area contributed by atoms with Crippen LogP contribution in [0, 0.1) is 12.8 Å². The van der Waals surface area contributed by atoms with Gasteiger partial charge in [-0.25, -0.2) is 4.98 Å². The van der Waals surface area contributed by atoms with Gasteiger partial charge in [0.05, 0.1) is 31.5 Å². The summed E-state index contributed by atoms with van der Waals surface area (Å²) >= 11 is 0. The molecule has 2 saturated heterocycles. The predicted octanol–water partition coefficient (Wildman–Crippen LogP) is 6.31. The quantitative estimate of drug-likeness (QED) is 0.186. The summed E-state index contributed by atoms with van der Waals surface area (Å²) in [6.07, 6.45) is 11.7. The first-order valence-corrected chi connectivity index (χ1v) is 22.2. The Morgan fingerprint density at radius 3 is 2.40 bits per heavy atom. The number of aromatic nitrogens is 2. The van der Waals surface area contributed by atoms with E-state index in [1.807, 2.05) is 6.07 Å². The topological polar surface area (TPSA) is 152 Å². The second-order valence-corrected chi connectivity index (χ2v) is 18.0. The van der Waals surface area contributed by atoms with E-state index in [0.29, 0.717) is 41.8 Å². The van der Waals surface area contributed by atoms with Gasteiger partial charge >= 0.3 is 5.92 Å². The van der Waals surface area contributed by atoms with Gasteiger partial charge in [0.15, 0.2) is 5.82 Å². The lowest BCUT2D eigenvalue weighted by atomic mass is 9.88. The fraction of sp³-hybridized carbons (Fsp3) is 0.565. The average molecular weight is 856 g/mol. The molecule has 2 aliphatic carbocycles. The van der Waals surface area contributed by atoms with Crippen molar-refractivity contribution < 1.29 is 32.7 Å². The van der Waals surface area contributed by atoms with E-state index in [4.69, 9.17) is 4.74 Å². The van der Waals surface area contributed by atoms with Crippen LogP contribution in [0.1, 0.15) is 104 Å². The van der Waals surface area contributed by atoms with Crippen molar-refractivity contribution >= 4 is 52.5 Å². The Kier molecular flexibility index (Phi) is 12.7. The zero-order chi connectivity index (χ0) is 43.7. The number of nitrogens with zero attached hydrogens (tertiary/aromatic N) is 6. The van der Waals surface area contributed by atoms with E-state index >= 15 is 8.78 Å². The van der Waals surface area contributed by atoms with E-state index in [2.05, 4.69) is 61.8 Å². The van der Waals surface area contributed by atoms with Crippen molar-refractivity contribution in [2.24, 2.45) is 5.92 Å². The van der Waals surface area contributed by atoms with Crippen molar-refractivity contribution in [3.63, 3.8) is 0 Å². The summed E-state index contributed by atoms with van der Waals surface area (Å²) < 4.78 is 35.8. The summed E-state index contributed by atoms with van der Waals surface area (Å²) in [7, 11) is 5.07. The number of imide groups is 1. The number of methoxy groups -OCH3 is 1. The summed E-state index contributed by atoms with van der Waals surface area (Å²) in [4.78, 5) is 66.7. The molecule has 0 spiro atoms. The summed E-state index contributed by atoms with van der Waals surface area (Å²) in [5, 5.41) is 8.86. The molecular weight excluding hydrogens is 797 g/mol. The molecule has 3 N–H and O–H groups in total. The lowest BCUT2D eigenvalue weighted by molar-refractivity contribution is -0.140. The summed E-state index contributed by atoms with van der Waals surface area (Å²) in [5.41, 5.74) is 4.53. The minimum Gasteiger partial charge on any atom is -0.495 e. The number of alkyl halides is 2. The number of carbonyl (C=O) groups excluding carboxylic acids is 4. The van der Waals surface area contributed by atoms with Crippen molar-refractivity contribution in [1.82, 2.24) is 25.5 Å². The highest BCUT2D eigenvalue weighted by atomic mass is 19.3. The molecule has 2 saturated carbocycles. The molecule has 1 aromatic heterocycles. The third-order valence-electron chi connectivity index (χ3n) is 13.9. The number of amides is 4. The molecule has 332 valence electrons. The highest BCUT2D eigenvalue weighted by Crippen LogP contribution is 2.40. The molecule has 62 heavy (non-hydrogen) atoms. The van der Waals surface area contributed by atoms with Gasteiger partial charge in [0.2, 0.25) is 17.8 Å². The first kappa shape index (κ1) is 43.3. The molecule has 8 rings (SSSR count). The van der Waals surface area contributed by atoms with Gasteiger partial charge in [0, 0.05) is 62.5 Å². The number of aryl methyl sites for hydroxylation is 1. The van der Waals surface area contributed by atoms with Gasteiger partial charge in [-0.3, -0.25) is 24.5 Å². The normalized spacial score (nSPS) is 23.6. The Hall–Kier alpha value is -5.38. The molecule has 0 radical (unpaired) electrons. The monoisotopic (exact) mass is 855 g/mol. The molecule has 5 aliphatic rings. The van der Waals surface area contributed by atoms with Crippen LogP contribution in [0.4, 0.5) is 37.6 Å². The Morgan fingerprint density at radius 1 is 0.968 bits per heavy atom. The van der Waals surface area contributed by atoms with Crippen LogP contribution in [0.25, 0.3) is 0 Å². The van der Waals surface area contributed by atoms with E-state index in [0.717, 1.165) is 99.9 Å². The third-order valence-corrected chi connectivity index (χ3v) is 13.9. The molecule has 1 unspecified atom stereocenters. The lowest BCUT2D eigenvalue weighted by Gasteiger charge is -2.39. The SMILES string of the molecule is COc1cc(C(=O)NC2CCC(N(C)CC3CCN(c4ccc(C5CCC(=O)NC5=O)cc4C)CC3)CC2)ccc1Nc1ncc2c(n1)N(C1CCCC1)CC(F)(F)C(=O)N2C. The minimum atomic E-state index is -3.57. The standard InChI is InChI=1S/C46H59F2N9O5/c1-28-23-30(35-15-18-40(58)52-43(35)60)10-17-37(28)56-21-19-29(20-22-56)26-54(2)33-13-11-32(12-14-33)50-42(59)31-9-16-36(39(24-31)62-4)51-45-49-25-38-41(53-45)57(34-7-5-6-8-34)27-46(47,48)44(61)55(38)3/h9-10,16-17,23-25,29,32-35H,5-8,11-15,18-22,26-27H2,1-4H3,(H,50,59)(H,49,51,53)(H,52,58,60). The molecule has 2 aromatic carbocycles. The number of fused-ring (bicyclic) bond motifs is 1. The van der Waals surface area contributed by atoms with Gasteiger partial charge in [-0.15, -0.1) is 0 Å². The molecule has 1 atom stereocenters. The number of anilines is 5. The summed E-state index contributed by atoms with van der Waals surface area (Å²) in [6, 6.07) is 11.8. The number of carbonyl (C=O) groups is 4. The van der Waals surface area contributed by atoms with Crippen molar-refractivity contribution in [2.45, 2.75) is 114 Å². The van der Waals surface area contributed by atoms with Crippen molar-refractivity contribution in [3.05, 3.63) is 59.3 Å². The van der Waals surface area contributed by atoms with Gasteiger partial charge in [-0.05, 0) is 113 Å². The lowest BCUT2D eigenvalue weighted by Crippen LogP contribution is -2.48. The van der Waals surface area contributed by atoms with Gasteiger partial charge in [-0.1, -0.05) is 25.0 Å². The molecule has 4 fully saturated rings. The first-order chi connectivity index (χ1) is 29.8. The fourth-order valence-corrected chi connectivity index (χ4v) is 10.3. The fourth-order valence-electron chi connectivity index (χ4n) is 10.3. The molecule has 4 heterocycles. The van der Waals surface area contributed by atoms with Crippen LogP contribution >= 0.6 is 0 Å². The van der Waals surface area contributed by atoms with E-state index in [-0.39, 0.29) is 53.2 Å². The number of piperidine rings is 2. The van der Waals surface area contributed by atoms with Crippen LogP contribution in [-0.2, 0) is 14.4 Å². The van der Waals surface area contributed by atoms with E-state index in [1.165, 1.54) is 26.0 Å². The highest BCUT2D eigenvalue weighted by Gasteiger charge is 2.49. The second-order valence-electron chi connectivity index (χ2n) is 18.0. The maximum Gasteiger partial charge on any atom is 0.342 e. The average Bonchev–Trinajstić information content (AvgIpc) is 3.79. The van der Waals surface area contributed by atoms with Crippen molar-refractivity contribution in [2.75, 3.05) is 67.4 Å². The smallest absolute Gasteiger partial charge is 0.342 e. The van der Waals surface area contributed by atoms with Crippen LogP contribution in [0.3, 0.4) is 0 Å². The minimum absolute atomic E-state index is 0.0667. The third kappa shape index (κ3) is 9.20. The Balaban J connectivity index is 0.815. The van der Waals surface area contributed by atoms with Crippen molar-refractivity contribution in [1.29, 1.82) is 0 Å². The van der Waals surface area contributed by atoms with Crippen molar-refractivity contribution in [3.8, 4) is 5.75 Å². The maximum absolute atomic E-state index is 15.1. The molecule has 14 nitrogen and oxygen atoms in total. The number of benzene rings is 2. The van der Waals surface area contributed by atoms with Gasteiger partial charge < -0.3 is 35.0 Å². The van der Waals surface area contributed by atoms with E-state index in [9.17, 15) is 19.2 Å². The van der Waals surface area contributed by atoms with Crippen LogP contribution in [-0.4, -0.2) is 110 Å². The highest BCUT2D eigenvalue weighted by molar-refractivity contribution is 6.02. The van der Waals surface area contributed by atoms with Gasteiger partial charge in [-0.2, -0.15) is 13.8 Å². The molecule has 3 aromatic rings. The Labute approximate surface area is 362 Å². The number of hydrogen-bond donors (Lipinski definition) is 3. The number of ether oxygens (including phenoxy) is 1. The summed E-state index contributed by atoms with van der Waals surface area (Å²) in [5.74, 6) is -4.25. The number of halogens is 2. The predicted molar refractivity (Wildman–Crippen MR) is 234 cm³/mol. The number of rotatable bonds is 11. The number of nitrogens with one attached hydrogen (secondary N) is 3. The van der Waals surface area contributed by atoms with Crippen LogP contribution in [0.5, 0.6) is 5.75 Å². The first-order valence-electron chi connectivity index (χ1n) is 22.2. The Bertz CT molecular complexity index is 2170. The zero-order valence-electron chi connectivity index (χ0n) is 36.2. The van der Waals surface area contributed by atoms with Crippen LogP contribution in [0.15, 0.2) is 42.6 Å². The second kappa shape index (κ2) is 18.1. The zero-order valence-corrected chi connectivity index (χ0v) is 36.2.